The lowest BCUT2D eigenvalue weighted by atomic mass is 10.2. The second-order valence-corrected chi connectivity index (χ2v) is 4.33. The summed E-state index contributed by atoms with van der Waals surface area (Å²) in [6, 6.07) is 10.1. The number of hydrogen-bond acceptors (Lipinski definition) is 3. The molecule has 0 saturated heterocycles. The van der Waals surface area contributed by atoms with E-state index >= 15 is 0 Å². The topological polar surface area (TPSA) is 29.5 Å². The SMILES string of the molecule is CC(=O)CN(C)CCCOCc1ccccc1. The van der Waals surface area contributed by atoms with E-state index in [1.54, 1.807) is 6.92 Å². The van der Waals surface area contributed by atoms with Gasteiger partial charge in [0.05, 0.1) is 13.2 Å². The van der Waals surface area contributed by atoms with Crippen LogP contribution < -0.4 is 0 Å². The molecule has 0 heterocycles. The van der Waals surface area contributed by atoms with E-state index in [9.17, 15) is 4.79 Å². The summed E-state index contributed by atoms with van der Waals surface area (Å²) in [6.07, 6.45) is 0.955. The molecule has 0 atom stereocenters. The van der Waals surface area contributed by atoms with Crippen molar-refractivity contribution in [3.05, 3.63) is 35.9 Å². The number of carbonyl (C=O) groups excluding carboxylic acids is 1. The number of ketones is 1. The van der Waals surface area contributed by atoms with E-state index in [1.165, 1.54) is 5.56 Å². The van der Waals surface area contributed by atoms with Crippen LogP contribution in [-0.4, -0.2) is 37.4 Å². The number of benzene rings is 1. The van der Waals surface area contributed by atoms with Crippen molar-refractivity contribution in [3.63, 3.8) is 0 Å². The Morgan fingerprint density at radius 1 is 1.29 bits per heavy atom. The Morgan fingerprint density at radius 2 is 2.00 bits per heavy atom. The van der Waals surface area contributed by atoms with Gasteiger partial charge in [0.15, 0.2) is 0 Å². The van der Waals surface area contributed by atoms with E-state index in [2.05, 4.69) is 12.1 Å². The van der Waals surface area contributed by atoms with Crippen LogP contribution >= 0.6 is 0 Å². The molecule has 0 amide bonds. The van der Waals surface area contributed by atoms with Crippen molar-refractivity contribution < 1.29 is 9.53 Å². The van der Waals surface area contributed by atoms with E-state index in [0.717, 1.165) is 19.6 Å². The molecular weight excluding hydrogens is 214 g/mol. The number of nitrogens with zero attached hydrogens (tertiary/aromatic N) is 1. The van der Waals surface area contributed by atoms with E-state index in [4.69, 9.17) is 4.74 Å². The summed E-state index contributed by atoms with van der Waals surface area (Å²) in [7, 11) is 1.96. The summed E-state index contributed by atoms with van der Waals surface area (Å²) < 4.78 is 5.56. The van der Waals surface area contributed by atoms with Crippen LogP contribution in [0.4, 0.5) is 0 Å². The van der Waals surface area contributed by atoms with Crippen LogP contribution in [0.5, 0.6) is 0 Å². The van der Waals surface area contributed by atoms with Gasteiger partial charge in [-0.3, -0.25) is 9.69 Å². The maximum Gasteiger partial charge on any atom is 0.143 e. The van der Waals surface area contributed by atoms with Crippen molar-refractivity contribution in [2.24, 2.45) is 0 Å². The molecule has 0 aliphatic carbocycles. The van der Waals surface area contributed by atoms with Crippen LogP contribution in [0.15, 0.2) is 30.3 Å². The average molecular weight is 235 g/mol. The molecule has 0 bridgehead atoms. The lowest BCUT2D eigenvalue weighted by Gasteiger charge is -2.14. The van der Waals surface area contributed by atoms with Crippen LogP contribution in [0, 0.1) is 0 Å². The smallest absolute Gasteiger partial charge is 0.143 e. The monoisotopic (exact) mass is 235 g/mol. The molecule has 0 fully saturated rings. The second-order valence-electron chi connectivity index (χ2n) is 4.33. The van der Waals surface area contributed by atoms with Gasteiger partial charge in [-0.25, -0.2) is 0 Å². The van der Waals surface area contributed by atoms with Crippen molar-refractivity contribution in [2.75, 3.05) is 26.7 Å². The third-order valence-corrected chi connectivity index (χ3v) is 2.43. The third kappa shape index (κ3) is 6.87. The zero-order valence-corrected chi connectivity index (χ0v) is 10.7. The van der Waals surface area contributed by atoms with Crippen molar-refractivity contribution in [3.8, 4) is 0 Å². The molecule has 3 nitrogen and oxygen atoms in total. The molecular formula is C14H21NO2. The van der Waals surface area contributed by atoms with E-state index in [-0.39, 0.29) is 5.78 Å². The molecule has 1 aromatic rings. The molecule has 0 aliphatic heterocycles. The maximum absolute atomic E-state index is 10.9. The highest BCUT2D eigenvalue weighted by atomic mass is 16.5. The standard InChI is InChI=1S/C14H21NO2/c1-13(16)11-15(2)9-6-10-17-12-14-7-4-3-5-8-14/h3-5,7-8H,6,9-12H2,1-2H3. The molecule has 0 N–H and O–H groups in total. The van der Waals surface area contributed by atoms with E-state index < -0.39 is 0 Å². The van der Waals surface area contributed by atoms with Crippen molar-refractivity contribution in [1.82, 2.24) is 4.90 Å². The fraction of sp³-hybridized carbons (Fsp3) is 0.500. The quantitative estimate of drug-likeness (QED) is 0.646. The van der Waals surface area contributed by atoms with Crippen LogP contribution in [0.25, 0.3) is 0 Å². The second kappa shape index (κ2) is 7.98. The zero-order valence-electron chi connectivity index (χ0n) is 10.7. The minimum Gasteiger partial charge on any atom is -0.377 e. The van der Waals surface area contributed by atoms with Gasteiger partial charge in [-0.05, 0) is 26.0 Å². The van der Waals surface area contributed by atoms with Crippen molar-refractivity contribution in [1.29, 1.82) is 0 Å². The minimum absolute atomic E-state index is 0.206. The summed E-state index contributed by atoms with van der Waals surface area (Å²) in [5.41, 5.74) is 1.20. The molecule has 0 radical (unpaired) electrons. The molecule has 0 saturated carbocycles. The minimum atomic E-state index is 0.206. The Bertz CT molecular complexity index is 324. The first-order valence-electron chi connectivity index (χ1n) is 5.98. The highest BCUT2D eigenvalue weighted by Crippen LogP contribution is 2.00. The van der Waals surface area contributed by atoms with Gasteiger partial charge in [-0.2, -0.15) is 0 Å². The Balaban J connectivity index is 2.03. The largest absolute Gasteiger partial charge is 0.377 e. The molecule has 0 aliphatic rings. The Hall–Kier alpha value is -1.19. The first kappa shape index (κ1) is 13.9. The summed E-state index contributed by atoms with van der Waals surface area (Å²) >= 11 is 0. The summed E-state index contributed by atoms with van der Waals surface area (Å²) in [5.74, 6) is 0.206. The molecule has 3 heteroatoms. The Morgan fingerprint density at radius 3 is 2.65 bits per heavy atom. The van der Waals surface area contributed by atoms with Gasteiger partial charge < -0.3 is 4.74 Å². The Labute approximate surface area is 103 Å². The average Bonchev–Trinajstić information content (AvgIpc) is 2.29. The van der Waals surface area contributed by atoms with Gasteiger partial charge in [0.2, 0.25) is 0 Å². The van der Waals surface area contributed by atoms with Crippen LogP contribution in [0.3, 0.4) is 0 Å². The normalized spacial score (nSPS) is 10.8. The third-order valence-electron chi connectivity index (χ3n) is 2.43. The highest BCUT2D eigenvalue weighted by molar-refractivity contribution is 5.77. The molecule has 0 spiro atoms. The summed E-state index contributed by atoms with van der Waals surface area (Å²) in [4.78, 5) is 12.9. The highest BCUT2D eigenvalue weighted by Gasteiger charge is 2.00. The van der Waals surface area contributed by atoms with Crippen LogP contribution in [0.1, 0.15) is 18.9 Å². The van der Waals surface area contributed by atoms with Gasteiger partial charge in [0.25, 0.3) is 0 Å². The fourth-order valence-electron chi connectivity index (χ4n) is 1.66. The number of hydrogen-bond donors (Lipinski definition) is 0. The molecule has 94 valence electrons. The van der Waals surface area contributed by atoms with Crippen LogP contribution in [-0.2, 0) is 16.1 Å². The number of ether oxygens (including phenoxy) is 1. The van der Waals surface area contributed by atoms with Gasteiger partial charge in [0.1, 0.15) is 5.78 Å². The zero-order chi connectivity index (χ0) is 12.5. The molecule has 1 rings (SSSR count). The molecule has 0 unspecified atom stereocenters. The first-order chi connectivity index (χ1) is 8.18. The molecule has 0 aromatic heterocycles. The van der Waals surface area contributed by atoms with E-state index in [0.29, 0.717) is 13.2 Å². The van der Waals surface area contributed by atoms with E-state index in [1.807, 2.05) is 30.1 Å². The lowest BCUT2D eigenvalue weighted by molar-refractivity contribution is -0.117. The van der Waals surface area contributed by atoms with Gasteiger partial charge in [-0.1, -0.05) is 30.3 Å². The number of carbonyl (C=O) groups is 1. The number of rotatable bonds is 8. The summed E-state index contributed by atoms with van der Waals surface area (Å²) in [6.45, 7) is 4.43. The summed E-state index contributed by atoms with van der Waals surface area (Å²) in [5, 5.41) is 0. The number of likely N-dealkylation sites (N-methyl/N-ethyl adjacent to an activating group) is 1. The fourth-order valence-corrected chi connectivity index (χ4v) is 1.66. The predicted octanol–water partition coefficient (Wildman–Crippen LogP) is 2.11. The van der Waals surface area contributed by atoms with Gasteiger partial charge in [0, 0.05) is 13.2 Å². The van der Waals surface area contributed by atoms with Crippen molar-refractivity contribution in [2.45, 2.75) is 20.0 Å². The predicted molar refractivity (Wildman–Crippen MR) is 68.9 cm³/mol. The first-order valence-corrected chi connectivity index (χ1v) is 5.98. The van der Waals surface area contributed by atoms with Gasteiger partial charge >= 0.3 is 0 Å². The van der Waals surface area contributed by atoms with Crippen molar-refractivity contribution >= 4 is 5.78 Å². The maximum atomic E-state index is 10.9. The number of Topliss-reactive ketones (excluding diaryl/α,β-unsaturated/α-hetero) is 1. The van der Waals surface area contributed by atoms with Crippen LogP contribution in [0.2, 0.25) is 0 Å². The lowest BCUT2D eigenvalue weighted by Crippen LogP contribution is -2.26. The molecule has 1 aromatic carbocycles. The Kier molecular flexibility index (Phi) is 6.51. The molecule has 17 heavy (non-hydrogen) atoms. The van der Waals surface area contributed by atoms with Gasteiger partial charge in [-0.15, -0.1) is 0 Å².